The molecule has 18 heavy (non-hydrogen) atoms. The van der Waals surface area contributed by atoms with Gasteiger partial charge in [0.15, 0.2) is 5.58 Å². The number of ketones is 1. The van der Waals surface area contributed by atoms with Crippen molar-refractivity contribution >= 4 is 39.8 Å². The molecular formula is C12H6ClNO3S. The number of hydrogen-bond donors (Lipinski definition) is 1. The van der Waals surface area contributed by atoms with Crippen LogP contribution in [0.1, 0.15) is 15.2 Å². The summed E-state index contributed by atoms with van der Waals surface area (Å²) in [4.78, 5) is 26.2. The quantitative estimate of drug-likeness (QED) is 0.733. The van der Waals surface area contributed by atoms with E-state index in [1.54, 1.807) is 23.6 Å². The van der Waals surface area contributed by atoms with E-state index in [-0.39, 0.29) is 5.78 Å². The first kappa shape index (κ1) is 11.3. The summed E-state index contributed by atoms with van der Waals surface area (Å²) >= 11 is 7.20. The van der Waals surface area contributed by atoms with Crippen LogP contribution >= 0.6 is 22.9 Å². The second-order valence-corrected chi connectivity index (χ2v) is 4.98. The first-order valence-electron chi connectivity index (χ1n) is 5.06. The Kier molecular flexibility index (Phi) is 2.57. The lowest BCUT2D eigenvalue weighted by Gasteiger charge is -1.98. The number of nitrogens with one attached hydrogen (secondary N) is 1. The molecule has 0 amide bonds. The summed E-state index contributed by atoms with van der Waals surface area (Å²) in [6.07, 6.45) is 0. The molecule has 1 N–H and O–H groups in total. The molecule has 3 aromatic rings. The van der Waals surface area contributed by atoms with E-state index in [1.807, 2.05) is 0 Å². The number of fused-ring (bicyclic) bond motifs is 1. The van der Waals surface area contributed by atoms with Gasteiger partial charge in [-0.1, -0.05) is 11.6 Å². The molecule has 0 aliphatic carbocycles. The summed E-state index contributed by atoms with van der Waals surface area (Å²) in [7, 11) is 0. The largest absolute Gasteiger partial charge is 0.417 e. The lowest BCUT2D eigenvalue weighted by Crippen LogP contribution is -1.98. The van der Waals surface area contributed by atoms with Gasteiger partial charge in [-0.2, -0.15) is 0 Å². The van der Waals surface area contributed by atoms with E-state index < -0.39 is 5.76 Å². The minimum absolute atomic E-state index is 0.180. The highest BCUT2D eigenvalue weighted by Gasteiger charge is 2.15. The average molecular weight is 280 g/mol. The molecule has 0 fully saturated rings. The van der Waals surface area contributed by atoms with Crippen LogP contribution in [0, 0.1) is 0 Å². The summed E-state index contributed by atoms with van der Waals surface area (Å²) in [5.74, 6) is -0.718. The number of halogens is 1. The number of carbonyl (C=O) groups excluding carboxylic acids is 1. The van der Waals surface area contributed by atoms with Gasteiger partial charge in [0, 0.05) is 5.56 Å². The maximum absolute atomic E-state index is 12.2. The fourth-order valence-electron chi connectivity index (χ4n) is 1.67. The van der Waals surface area contributed by atoms with Gasteiger partial charge in [-0.15, -0.1) is 11.3 Å². The van der Waals surface area contributed by atoms with Crippen molar-refractivity contribution in [3.63, 3.8) is 0 Å². The second kappa shape index (κ2) is 4.12. The van der Waals surface area contributed by atoms with Gasteiger partial charge >= 0.3 is 5.76 Å². The topological polar surface area (TPSA) is 63.1 Å². The number of aromatic nitrogens is 1. The Morgan fingerprint density at radius 2 is 2.17 bits per heavy atom. The molecule has 0 radical (unpaired) electrons. The Hall–Kier alpha value is -1.85. The molecule has 0 unspecified atom stereocenters. The van der Waals surface area contributed by atoms with Crippen LogP contribution in [0.25, 0.3) is 11.1 Å². The van der Waals surface area contributed by atoms with Gasteiger partial charge in [-0.25, -0.2) is 4.79 Å². The number of carbonyl (C=O) groups is 1. The summed E-state index contributed by atoms with van der Waals surface area (Å²) < 4.78 is 4.91. The smallest absolute Gasteiger partial charge is 0.408 e. The second-order valence-electron chi connectivity index (χ2n) is 3.65. The Balaban J connectivity index is 2.12. The van der Waals surface area contributed by atoms with E-state index in [4.69, 9.17) is 16.0 Å². The van der Waals surface area contributed by atoms with Crippen LogP contribution in [-0.2, 0) is 0 Å². The molecule has 0 aliphatic heterocycles. The predicted molar refractivity (Wildman–Crippen MR) is 69.6 cm³/mol. The Morgan fingerprint density at radius 3 is 2.89 bits per heavy atom. The molecular weight excluding hydrogens is 274 g/mol. The molecule has 3 rings (SSSR count). The molecule has 1 aromatic carbocycles. The minimum Gasteiger partial charge on any atom is -0.408 e. The van der Waals surface area contributed by atoms with Crippen molar-refractivity contribution in [2.75, 3.05) is 0 Å². The zero-order valence-corrected chi connectivity index (χ0v) is 10.5. The van der Waals surface area contributed by atoms with Gasteiger partial charge in [-0.05, 0) is 29.6 Å². The number of aromatic amines is 1. The molecule has 0 atom stereocenters. The maximum Gasteiger partial charge on any atom is 0.417 e. The highest BCUT2D eigenvalue weighted by molar-refractivity contribution is 7.13. The lowest BCUT2D eigenvalue weighted by atomic mass is 10.1. The molecule has 0 saturated carbocycles. The molecule has 4 nitrogen and oxygen atoms in total. The molecule has 0 aliphatic rings. The summed E-state index contributed by atoms with van der Waals surface area (Å²) in [5, 5.41) is 2.19. The van der Waals surface area contributed by atoms with Crippen LogP contribution in [0.3, 0.4) is 0 Å². The zero-order chi connectivity index (χ0) is 12.7. The van der Waals surface area contributed by atoms with Crippen LogP contribution in [0.4, 0.5) is 0 Å². The van der Waals surface area contributed by atoms with Crippen LogP contribution in [0.2, 0.25) is 5.02 Å². The number of oxazole rings is 1. The fourth-order valence-corrected chi connectivity index (χ4v) is 2.78. The van der Waals surface area contributed by atoms with Gasteiger partial charge in [0.25, 0.3) is 0 Å². The maximum atomic E-state index is 12.2. The summed E-state index contributed by atoms with van der Waals surface area (Å²) in [5.41, 5.74) is 1.36. The fraction of sp³-hybridized carbons (Fsp3) is 0. The number of benzene rings is 1. The van der Waals surface area contributed by atoms with Crippen LogP contribution in [0.15, 0.2) is 38.9 Å². The van der Waals surface area contributed by atoms with Crippen LogP contribution in [0.5, 0.6) is 0 Å². The van der Waals surface area contributed by atoms with E-state index in [1.165, 1.54) is 17.4 Å². The molecule has 6 heteroatoms. The Labute approximate surface area is 110 Å². The molecule has 2 heterocycles. The third-order valence-corrected chi connectivity index (χ3v) is 3.85. The number of rotatable bonds is 2. The lowest BCUT2D eigenvalue weighted by molar-refractivity contribution is 0.104. The van der Waals surface area contributed by atoms with E-state index in [0.29, 0.717) is 26.6 Å². The van der Waals surface area contributed by atoms with Crippen molar-refractivity contribution < 1.29 is 9.21 Å². The van der Waals surface area contributed by atoms with Gasteiger partial charge < -0.3 is 4.42 Å². The van der Waals surface area contributed by atoms with E-state index >= 15 is 0 Å². The van der Waals surface area contributed by atoms with Crippen molar-refractivity contribution in [1.82, 2.24) is 4.98 Å². The van der Waals surface area contributed by atoms with Crippen molar-refractivity contribution in [3.8, 4) is 0 Å². The highest BCUT2D eigenvalue weighted by Crippen LogP contribution is 2.25. The zero-order valence-electron chi connectivity index (χ0n) is 8.90. The monoisotopic (exact) mass is 279 g/mol. The van der Waals surface area contributed by atoms with E-state index in [0.717, 1.165) is 0 Å². The van der Waals surface area contributed by atoms with E-state index in [9.17, 15) is 9.59 Å². The van der Waals surface area contributed by atoms with Gasteiger partial charge in [0.1, 0.15) is 0 Å². The first-order valence-corrected chi connectivity index (χ1v) is 6.31. The number of thiophene rings is 1. The van der Waals surface area contributed by atoms with Crippen LogP contribution < -0.4 is 5.76 Å². The SMILES string of the molecule is O=C(c1ccc2[nH]c(=O)oc2c1)c1sccc1Cl. The Bertz CT molecular complexity index is 799. The molecule has 0 saturated heterocycles. The first-order chi connectivity index (χ1) is 8.65. The Morgan fingerprint density at radius 1 is 1.33 bits per heavy atom. The predicted octanol–water partition coefficient (Wildman–Crippen LogP) is 3.07. The molecule has 90 valence electrons. The average Bonchev–Trinajstić information content (AvgIpc) is 2.91. The van der Waals surface area contributed by atoms with Gasteiger partial charge in [0.2, 0.25) is 5.78 Å². The van der Waals surface area contributed by atoms with E-state index in [2.05, 4.69) is 4.98 Å². The summed E-state index contributed by atoms with van der Waals surface area (Å²) in [6, 6.07) is 6.47. The molecule has 0 spiro atoms. The van der Waals surface area contributed by atoms with Crippen molar-refractivity contribution in [3.05, 3.63) is 55.7 Å². The van der Waals surface area contributed by atoms with Crippen LogP contribution in [-0.4, -0.2) is 10.8 Å². The minimum atomic E-state index is -0.538. The van der Waals surface area contributed by atoms with Crippen molar-refractivity contribution in [1.29, 1.82) is 0 Å². The van der Waals surface area contributed by atoms with Crippen molar-refractivity contribution in [2.45, 2.75) is 0 Å². The summed E-state index contributed by atoms with van der Waals surface area (Å²) in [6.45, 7) is 0. The third kappa shape index (κ3) is 1.77. The third-order valence-electron chi connectivity index (χ3n) is 2.51. The van der Waals surface area contributed by atoms with Gasteiger partial charge in [0.05, 0.1) is 15.4 Å². The molecule has 2 aromatic heterocycles. The number of H-pyrrole nitrogens is 1. The standard InChI is InChI=1S/C12H6ClNO3S/c13-7-3-4-18-11(7)10(15)6-1-2-8-9(5-6)17-12(16)14-8/h1-5H,(H,14,16). The normalized spacial score (nSPS) is 10.9. The number of hydrogen-bond acceptors (Lipinski definition) is 4. The van der Waals surface area contributed by atoms with Crippen molar-refractivity contribution in [2.24, 2.45) is 0 Å². The molecule has 0 bridgehead atoms. The van der Waals surface area contributed by atoms with Gasteiger partial charge in [-0.3, -0.25) is 9.78 Å². The highest BCUT2D eigenvalue weighted by atomic mass is 35.5.